The fourth-order valence-electron chi connectivity index (χ4n) is 1.53. The first-order valence-electron chi connectivity index (χ1n) is 5.81. The van der Waals surface area contributed by atoms with Crippen molar-refractivity contribution in [3.8, 4) is 0 Å². The second-order valence-electron chi connectivity index (χ2n) is 4.04. The van der Waals surface area contributed by atoms with E-state index in [4.69, 9.17) is 5.73 Å². The van der Waals surface area contributed by atoms with Gasteiger partial charge in [0.15, 0.2) is 5.82 Å². The van der Waals surface area contributed by atoms with Gasteiger partial charge in [0, 0.05) is 21.7 Å². The summed E-state index contributed by atoms with van der Waals surface area (Å²) in [6.45, 7) is 1.96. The number of halogens is 1. The summed E-state index contributed by atoms with van der Waals surface area (Å²) in [5, 5.41) is 3.45. The van der Waals surface area contributed by atoms with E-state index >= 15 is 0 Å². The number of benzene rings is 1. The number of rotatable bonds is 4. The summed E-state index contributed by atoms with van der Waals surface area (Å²) < 4.78 is 1.14. The molecule has 1 amide bonds. The molecule has 0 saturated carbocycles. The zero-order chi connectivity index (χ0) is 14.5. The van der Waals surface area contributed by atoms with Crippen LogP contribution >= 0.6 is 34.4 Å². The molecule has 0 aliphatic rings. The van der Waals surface area contributed by atoms with Gasteiger partial charge in [-0.05, 0) is 53.3 Å². The first-order chi connectivity index (χ1) is 9.56. The van der Waals surface area contributed by atoms with E-state index in [0.29, 0.717) is 10.8 Å². The van der Waals surface area contributed by atoms with E-state index in [1.807, 2.05) is 25.1 Å². The Balaban J connectivity index is 1.94. The number of anilines is 2. The van der Waals surface area contributed by atoms with Gasteiger partial charge in [-0.3, -0.25) is 4.79 Å². The molecule has 5 nitrogen and oxygen atoms in total. The zero-order valence-electron chi connectivity index (χ0n) is 10.8. The van der Waals surface area contributed by atoms with E-state index in [1.165, 1.54) is 18.0 Å². The molecule has 0 unspecified atom stereocenters. The van der Waals surface area contributed by atoms with Crippen LogP contribution in [0.25, 0.3) is 0 Å². The number of carbonyl (C=O) groups excluding carboxylic acids is 1. The van der Waals surface area contributed by atoms with E-state index in [-0.39, 0.29) is 11.7 Å². The van der Waals surface area contributed by atoms with Crippen LogP contribution in [-0.2, 0) is 4.79 Å². The van der Waals surface area contributed by atoms with Crippen molar-refractivity contribution in [3.05, 3.63) is 39.7 Å². The number of amides is 1. The molecule has 0 aliphatic heterocycles. The molecule has 2 aromatic rings. The van der Waals surface area contributed by atoms with E-state index in [9.17, 15) is 4.79 Å². The highest BCUT2D eigenvalue weighted by molar-refractivity contribution is 14.1. The van der Waals surface area contributed by atoms with Crippen LogP contribution in [0.1, 0.15) is 5.56 Å². The van der Waals surface area contributed by atoms with Crippen LogP contribution in [0.3, 0.4) is 0 Å². The molecule has 1 heterocycles. The van der Waals surface area contributed by atoms with Crippen LogP contribution < -0.4 is 11.1 Å². The number of aromatic nitrogens is 2. The van der Waals surface area contributed by atoms with Crippen molar-refractivity contribution in [1.29, 1.82) is 0 Å². The van der Waals surface area contributed by atoms with E-state index < -0.39 is 0 Å². The minimum atomic E-state index is -0.0932. The van der Waals surface area contributed by atoms with Gasteiger partial charge in [0.2, 0.25) is 5.91 Å². The standard InChI is InChI=1S/C13H13IN4OS/c1-8-6-9(14)2-3-10(8)18-11(19)7-20-13-12(15)16-4-5-17-13/h2-6H,7H2,1H3,(H2,15,16)(H,18,19). The topological polar surface area (TPSA) is 80.9 Å². The first-order valence-corrected chi connectivity index (χ1v) is 7.88. The Morgan fingerprint density at radius 1 is 1.40 bits per heavy atom. The molecular formula is C13H13IN4OS. The maximum Gasteiger partial charge on any atom is 0.234 e. The average molecular weight is 400 g/mol. The molecule has 1 aromatic carbocycles. The molecular weight excluding hydrogens is 387 g/mol. The SMILES string of the molecule is Cc1cc(I)ccc1NC(=O)CSc1nccnc1N. The van der Waals surface area contributed by atoms with Crippen molar-refractivity contribution in [2.24, 2.45) is 0 Å². The minimum absolute atomic E-state index is 0.0932. The number of nitrogens with zero attached hydrogens (tertiary/aromatic N) is 2. The van der Waals surface area contributed by atoms with Crippen molar-refractivity contribution >= 4 is 51.8 Å². The summed E-state index contributed by atoms with van der Waals surface area (Å²) in [4.78, 5) is 19.9. The Morgan fingerprint density at radius 2 is 2.15 bits per heavy atom. The van der Waals surface area contributed by atoms with Crippen LogP contribution in [-0.4, -0.2) is 21.6 Å². The summed E-state index contributed by atoms with van der Waals surface area (Å²) in [6.07, 6.45) is 3.08. The molecule has 104 valence electrons. The van der Waals surface area contributed by atoms with Gasteiger partial charge < -0.3 is 11.1 Å². The zero-order valence-corrected chi connectivity index (χ0v) is 13.7. The predicted octanol–water partition coefficient (Wildman–Crippen LogP) is 2.70. The van der Waals surface area contributed by atoms with Gasteiger partial charge in [0.25, 0.3) is 0 Å². The smallest absolute Gasteiger partial charge is 0.234 e. The number of aryl methyl sites for hydroxylation is 1. The van der Waals surface area contributed by atoms with Crippen LogP contribution in [0, 0.1) is 10.5 Å². The second kappa shape index (κ2) is 6.89. The third-order valence-electron chi connectivity index (χ3n) is 2.49. The number of nitrogen functional groups attached to an aromatic ring is 1. The number of hydrogen-bond donors (Lipinski definition) is 2. The Labute approximate surface area is 134 Å². The van der Waals surface area contributed by atoms with Crippen LogP contribution in [0.2, 0.25) is 0 Å². The Hall–Kier alpha value is -1.35. The number of hydrogen-bond acceptors (Lipinski definition) is 5. The molecule has 20 heavy (non-hydrogen) atoms. The minimum Gasteiger partial charge on any atom is -0.381 e. The third kappa shape index (κ3) is 4.07. The summed E-state index contributed by atoms with van der Waals surface area (Å²) in [5.74, 6) is 0.494. The van der Waals surface area contributed by atoms with Gasteiger partial charge in [-0.1, -0.05) is 11.8 Å². The van der Waals surface area contributed by atoms with Crippen molar-refractivity contribution in [2.75, 3.05) is 16.8 Å². The van der Waals surface area contributed by atoms with Crippen molar-refractivity contribution in [1.82, 2.24) is 9.97 Å². The molecule has 2 rings (SSSR count). The highest BCUT2D eigenvalue weighted by atomic mass is 127. The van der Waals surface area contributed by atoms with E-state index in [0.717, 1.165) is 14.8 Å². The third-order valence-corrected chi connectivity index (χ3v) is 4.16. The number of thioether (sulfide) groups is 1. The Morgan fingerprint density at radius 3 is 2.85 bits per heavy atom. The number of nitrogens with one attached hydrogen (secondary N) is 1. The molecule has 0 bridgehead atoms. The first kappa shape index (κ1) is 15.0. The highest BCUT2D eigenvalue weighted by Gasteiger charge is 2.08. The molecule has 0 aliphatic carbocycles. The maximum absolute atomic E-state index is 11.9. The van der Waals surface area contributed by atoms with Crippen molar-refractivity contribution < 1.29 is 4.79 Å². The van der Waals surface area contributed by atoms with E-state index in [2.05, 4.69) is 37.9 Å². The monoisotopic (exact) mass is 400 g/mol. The summed E-state index contributed by atoms with van der Waals surface area (Å²) in [5.41, 5.74) is 7.53. The predicted molar refractivity (Wildman–Crippen MR) is 89.7 cm³/mol. The van der Waals surface area contributed by atoms with Crippen LogP contribution in [0.4, 0.5) is 11.5 Å². The maximum atomic E-state index is 11.9. The summed E-state index contributed by atoms with van der Waals surface area (Å²) >= 11 is 3.51. The van der Waals surface area contributed by atoms with Gasteiger partial charge >= 0.3 is 0 Å². The Kier molecular flexibility index (Phi) is 5.18. The van der Waals surface area contributed by atoms with Gasteiger partial charge in [0.1, 0.15) is 5.03 Å². The fraction of sp³-hybridized carbons (Fsp3) is 0.154. The van der Waals surface area contributed by atoms with E-state index in [1.54, 1.807) is 6.20 Å². The highest BCUT2D eigenvalue weighted by Crippen LogP contribution is 2.21. The molecule has 7 heteroatoms. The average Bonchev–Trinajstić information content (AvgIpc) is 2.41. The van der Waals surface area contributed by atoms with Crippen molar-refractivity contribution in [2.45, 2.75) is 11.9 Å². The lowest BCUT2D eigenvalue weighted by Crippen LogP contribution is -2.15. The molecule has 0 spiro atoms. The quantitative estimate of drug-likeness (QED) is 0.610. The Bertz CT molecular complexity index is 636. The number of nitrogens with two attached hydrogens (primary N) is 1. The molecule has 0 saturated heterocycles. The fourth-order valence-corrected chi connectivity index (χ4v) is 2.86. The molecule has 0 radical (unpaired) electrons. The lowest BCUT2D eigenvalue weighted by Gasteiger charge is -2.08. The van der Waals surface area contributed by atoms with Crippen molar-refractivity contribution in [3.63, 3.8) is 0 Å². The lowest BCUT2D eigenvalue weighted by molar-refractivity contribution is -0.113. The van der Waals surface area contributed by atoms with Gasteiger partial charge in [-0.25, -0.2) is 9.97 Å². The normalized spacial score (nSPS) is 10.3. The summed E-state index contributed by atoms with van der Waals surface area (Å²) in [6, 6.07) is 5.87. The van der Waals surface area contributed by atoms with Gasteiger partial charge in [-0.2, -0.15) is 0 Å². The molecule has 0 atom stereocenters. The molecule has 3 N–H and O–H groups in total. The van der Waals surface area contributed by atoms with Crippen LogP contribution in [0.15, 0.2) is 35.6 Å². The molecule has 0 fully saturated rings. The second-order valence-corrected chi connectivity index (χ2v) is 6.25. The van der Waals surface area contributed by atoms with Crippen LogP contribution in [0.5, 0.6) is 0 Å². The molecule has 1 aromatic heterocycles. The van der Waals surface area contributed by atoms with Gasteiger partial charge in [0.05, 0.1) is 5.75 Å². The largest absolute Gasteiger partial charge is 0.381 e. The number of carbonyl (C=O) groups is 1. The van der Waals surface area contributed by atoms with Gasteiger partial charge in [-0.15, -0.1) is 0 Å². The summed E-state index contributed by atoms with van der Waals surface area (Å²) in [7, 11) is 0. The lowest BCUT2D eigenvalue weighted by atomic mass is 10.2.